The van der Waals surface area contributed by atoms with Crippen LogP contribution in [0, 0.1) is 0 Å². The summed E-state index contributed by atoms with van der Waals surface area (Å²) in [5, 5.41) is 14.9. The van der Waals surface area contributed by atoms with Crippen LogP contribution < -0.4 is 15.0 Å². The van der Waals surface area contributed by atoms with Crippen LogP contribution >= 0.6 is 22.9 Å². The van der Waals surface area contributed by atoms with Gasteiger partial charge in [-0.1, -0.05) is 35.1 Å². The maximum Gasteiger partial charge on any atom is 0.186 e. The van der Waals surface area contributed by atoms with Gasteiger partial charge in [0.25, 0.3) is 0 Å². The summed E-state index contributed by atoms with van der Waals surface area (Å²) >= 11 is 7.84. The Bertz CT molecular complexity index is 913. The van der Waals surface area contributed by atoms with Gasteiger partial charge in [0.05, 0.1) is 22.3 Å². The first kappa shape index (κ1) is 18.3. The second-order valence-electron chi connectivity index (χ2n) is 6.76. The molecule has 0 saturated carbocycles. The molecular formula is C20H22ClN3O2S. The Morgan fingerprint density at radius 3 is 3.04 bits per heavy atom. The highest BCUT2D eigenvalue weighted by molar-refractivity contribution is 7.22. The Hall–Kier alpha value is -2.02. The average Bonchev–Trinajstić information content (AvgIpc) is 3.13. The number of aromatic nitrogens is 1. The van der Waals surface area contributed by atoms with Gasteiger partial charge in [-0.2, -0.15) is 0 Å². The predicted molar refractivity (Wildman–Crippen MR) is 111 cm³/mol. The number of methoxy groups -OCH3 is 1. The Labute approximate surface area is 167 Å². The van der Waals surface area contributed by atoms with Gasteiger partial charge >= 0.3 is 0 Å². The molecule has 0 bridgehead atoms. The fourth-order valence-corrected chi connectivity index (χ4v) is 4.69. The molecule has 5 nitrogen and oxygen atoms in total. The topological polar surface area (TPSA) is 57.6 Å². The van der Waals surface area contributed by atoms with Crippen LogP contribution in [0.5, 0.6) is 11.5 Å². The van der Waals surface area contributed by atoms with Crippen LogP contribution in [0.15, 0.2) is 36.4 Å². The van der Waals surface area contributed by atoms with E-state index >= 15 is 0 Å². The van der Waals surface area contributed by atoms with Crippen LogP contribution in [0.25, 0.3) is 10.2 Å². The van der Waals surface area contributed by atoms with Gasteiger partial charge in [-0.25, -0.2) is 4.98 Å². The monoisotopic (exact) mass is 403 g/mol. The number of thiazole rings is 1. The van der Waals surface area contributed by atoms with E-state index in [-0.39, 0.29) is 5.75 Å². The lowest BCUT2D eigenvalue weighted by atomic mass is 10.1. The van der Waals surface area contributed by atoms with E-state index < -0.39 is 0 Å². The first-order valence-electron chi connectivity index (χ1n) is 9.03. The highest BCUT2D eigenvalue weighted by Crippen LogP contribution is 2.35. The van der Waals surface area contributed by atoms with E-state index in [9.17, 15) is 5.11 Å². The number of hydrogen-bond donors (Lipinski definition) is 2. The number of phenols is 1. The number of rotatable bonds is 5. The summed E-state index contributed by atoms with van der Waals surface area (Å²) in [5.74, 6) is 0.390. The quantitative estimate of drug-likeness (QED) is 0.660. The van der Waals surface area contributed by atoms with E-state index in [0.29, 0.717) is 23.4 Å². The number of nitrogens with zero attached hydrogens (tertiary/aromatic N) is 2. The molecule has 1 aliphatic rings. The maximum atomic E-state index is 9.87. The fraction of sp³-hybridized carbons (Fsp3) is 0.350. The van der Waals surface area contributed by atoms with E-state index in [0.717, 1.165) is 42.1 Å². The summed E-state index contributed by atoms with van der Waals surface area (Å²) in [6.45, 7) is 2.65. The maximum absolute atomic E-state index is 9.87. The first-order valence-corrected chi connectivity index (χ1v) is 10.2. The molecule has 1 saturated heterocycles. The summed E-state index contributed by atoms with van der Waals surface area (Å²) < 4.78 is 6.41. The smallest absolute Gasteiger partial charge is 0.186 e. The SMILES string of the molecule is COc1cc(CNC2CCCN(c3nc4ccccc4s3)C2)cc(Cl)c1O. The number of ether oxygens (including phenoxy) is 1. The van der Waals surface area contributed by atoms with E-state index in [2.05, 4.69) is 28.4 Å². The molecule has 0 aliphatic carbocycles. The number of para-hydroxylation sites is 1. The highest BCUT2D eigenvalue weighted by Gasteiger charge is 2.22. The first-order chi connectivity index (χ1) is 13.1. The van der Waals surface area contributed by atoms with Crippen LogP contribution in [0.2, 0.25) is 5.02 Å². The number of phenolic OH excluding ortho intramolecular Hbond substituents is 1. The van der Waals surface area contributed by atoms with Gasteiger partial charge in [-0.3, -0.25) is 0 Å². The second-order valence-corrected chi connectivity index (χ2v) is 8.18. The molecule has 2 N–H and O–H groups in total. The molecule has 27 heavy (non-hydrogen) atoms. The van der Waals surface area contributed by atoms with Crippen molar-refractivity contribution in [3.63, 3.8) is 0 Å². The zero-order valence-corrected chi connectivity index (χ0v) is 16.7. The minimum Gasteiger partial charge on any atom is -0.503 e. The van der Waals surface area contributed by atoms with Crippen molar-refractivity contribution in [2.24, 2.45) is 0 Å². The van der Waals surface area contributed by atoms with Gasteiger partial charge in [0.1, 0.15) is 0 Å². The molecule has 1 fully saturated rings. The number of anilines is 1. The lowest BCUT2D eigenvalue weighted by molar-refractivity contribution is 0.372. The zero-order valence-electron chi connectivity index (χ0n) is 15.1. The van der Waals surface area contributed by atoms with Crippen LogP contribution in [-0.2, 0) is 6.54 Å². The largest absolute Gasteiger partial charge is 0.503 e. The number of benzene rings is 2. The van der Waals surface area contributed by atoms with Crippen molar-refractivity contribution in [3.8, 4) is 11.5 Å². The minimum atomic E-state index is -0.0115. The summed E-state index contributed by atoms with van der Waals surface area (Å²) in [6, 6.07) is 12.3. The molecular weight excluding hydrogens is 382 g/mol. The molecule has 2 aromatic carbocycles. The fourth-order valence-electron chi connectivity index (χ4n) is 3.46. The van der Waals surface area contributed by atoms with Crippen LogP contribution in [-0.4, -0.2) is 36.3 Å². The number of halogens is 1. The molecule has 2 heterocycles. The van der Waals surface area contributed by atoms with E-state index in [1.165, 1.54) is 11.8 Å². The number of fused-ring (bicyclic) bond motifs is 1. The third kappa shape index (κ3) is 3.98. The van der Waals surface area contributed by atoms with E-state index in [1.54, 1.807) is 17.4 Å². The van der Waals surface area contributed by atoms with Crippen molar-refractivity contribution in [1.29, 1.82) is 0 Å². The second kappa shape index (κ2) is 7.92. The number of hydrogen-bond acceptors (Lipinski definition) is 6. The van der Waals surface area contributed by atoms with Gasteiger partial charge in [0.15, 0.2) is 16.6 Å². The Kier molecular flexibility index (Phi) is 5.38. The molecule has 7 heteroatoms. The normalized spacial score (nSPS) is 17.4. The highest BCUT2D eigenvalue weighted by atomic mass is 35.5. The van der Waals surface area contributed by atoms with Crippen molar-refractivity contribution in [3.05, 3.63) is 47.0 Å². The Morgan fingerprint density at radius 2 is 2.22 bits per heavy atom. The number of aromatic hydroxyl groups is 1. The third-order valence-electron chi connectivity index (χ3n) is 4.88. The zero-order chi connectivity index (χ0) is 18.8. The molecule has 3 aromatic rings. The summed E-state index contributed by atoms with van der Waals surface area (Å²) in [7, 11) is 1.53. The summed E-state index contributed by atoms with van der Waals surface area (Å²) in [6.07, 6.45) is 2.26. The van der Waals surface area contributed by atoms with E-state index in [1.807, 2.05) is 12.1 Å². The molecule has 1 unspecified atom stereocenters. The van der Waals surface area contributed by atoms with Crippen molar-refractivity contribution in [2.75, 3.05) is 25.1 Å². The molecule has 0 radical (unpaired) electrons. The number of piperidine rings is 1. The summed E-state index contributed by atoms with van der Waals surface area (Å²) in [5.41, 5.74) is 2.06. The van der Waals surface area contributed by atoms with Gasteiger partial charge in [-0.15, -0.1) is 0 Å². The van der Waals surface area contributed by atoms with Crippen LogP contribution in [0.4, 0.5) is 5.13 Å². The number of nitrogens with one attached hydrogen (secondary N) is 1. The lowest BCUT2D eigenvalue weighted by Gasteiger charge is -2.33. The van der Waals surface area contributed by atoms with Gasteiger partial charge in [-0.05, 0) is 42.7 Å². The molecule has 4 rings (SSSR count). The molecule has 1 aromatic heterocycles. The molecule has 0 spiro atoms. The minimum absolute atomic E-state index is 0.0115. The Balaban J connectivity index is 1.42. The molecule has 142 valence electrons. The summed E-state index contributed by atoms with van der Waals surface area (Å²) in [4.78, 5) is 7.16. The van der Waals surface area contributed by atoms with Crippen LogP contribution in [0.3, 0.4) is 0 Å². The lowest BCUT2D eigenvalue weighted by Crippen LogP contribution is -2.45. The van der Waals surface area contributed by atoms with E-state index in [4.69, 9.17) is 21.3 Å². The standard InChI is InChI=1S/C20H22ClN3O2S/c1-26-17-10-13(9-15(21)19(17)25)11-22-14-5-4-8-24(12-14)20-23-16-6-2-3-7-18(16)27-20/h2-3,6-7,9-10,14,22,25H,4-5,8,11-12H2,1H3. The van der Waals surface area contributed by atoms with Crippen molar-refractivity contribution in [2.45, 2.75) is 25.4 Å². The van der Waals surface area contributed by atoms with Gasteiger partial charge < -0.3 is 20.1 Å². The molecule has 1 aliphatic heterocycles. The van der Waals surface area contributed by atoms with Crippen molar-refractivity contribution >= 4 is 38.3 Å². The third-order valence-corrected chi connectivity index (χ3v) is 6.26. The average molecular weight is 404 g/mol. The predicted octanol–water partition coefficient (Wildman–Crippen LogP) is 4.42. The molecule has 1 atom stereocenters. The van der Waals surface area contributed by atoms with Crippen molar-refractivity contribution in [1.82, 2.24) is 10.3 Å². The van der Waals surface area contributed by atoms with Crippen molar-refractivity contribution < 1.29 is 9.84 Å². The van der Waals surface area contributed by atoms with Gasteiger partial charge in [0, 0.05) is 25.7 Å². The van der Waals surface area contributed by atoms with Gasteiger partial charge in [0.2, 0.25) is 0 Å². The van der Waals surface area contributed by atoms with Crippen LogP contribution in [0.1, 0.15) is 18.4 Å². The Morgan fingerprint density at radius 1 is 1.37 bits per heavy atom. The molecule has 0 amide bonds.